The number of amides is 1. The van der Waals surface area contributed by atoms with Crippen LogP contribution in [0, 0.1) is 11.7 Å². The summed E-state index contributed by atoms with van der Waals surface area (Å²) in [5.74, 6) is -1.90. The Hall–Kier alpha value is -1.09. The molecule has 1 aromatic carbocycles. The summed E-state index contributed by atoms with van der Waals surface area (Å²) in [6, 6.07) is 2.55. The van der Waals surface area contributed by atoms with E-state index in [4.69, 9.17) is 11.6 Å². The Morgan fingerprint density at radius 2 is 2.00 bits per heavy atom. The van der Waals surface area contributed by atoms with E-state index in [2.05, 4.69) is 10.6 Å². The van der Waals surface area contributed by atoms with Gasteiger partial charge in [0.2, 0.25) is 5.91 Å². The van der Waals surface area contributed by atoms with Crippen LogP contribution in [0.3, 0.4) is 0 Å². The Labute approximate surface area is 166 Å². The molecule has 1 saturated carbocycles. The monoisotopic (exact) mass is 429 g/mol. The van der Waals surface area contributed by atoms with E-state index in [9.17, 15) is 22.4 Å². The van der Waals surface area contributed by atoms with Gasteiger partial charge in [-0.3, -0.25) is 9.69 Å². The van der Waals surface area contributed by atoms with Gasteiger partial charge in [-0.1, -0.05) is 17.7 Å². The molecule has 10 heteroatoms. The van der Waals surface area contributed by atoms with Crippen molar-refractivity contribution >= 4 is 29.9 Å². The number of carbonyl (C=O) groups is 1. The molecular formula is C17H21Cl2F4N3O. The normalized spacial score (nSPS) is 24.0. The van der Waals surface area contributed by atoms with Crippen LogP contribution in [0.15, 0.2) is 18.2 Å². The van der Waals surface area contributed by atoms with Gasteiger partial charge in [0, 0.05) is 55.1 Å². The minimum absolute atomic E-state index is 0. The van der Waals surface area contributed by atoms with Gasteiger partial charge in [0.25, 0.3) is 0 Å². The Kier molecular flexibility index (Phi) is 7.35. The number of rotatable bonds is 5. The first-order valence-electron chi connectivity index (χ1n) is 8.52. The minimum atomic E-state index is -4.43. The first-order valence-corrected chi connectivity index (χ1v) is 8.90. The van der Waals surface area contributed by atoms with Crippen LogP contribution in [0.4, 0.5) is 17.6 Å². The number of hydrogen-bond acceptors (Lipinski definition) is 3. The van der Waals surface area contributed by atoms with Gasteiger partial charge in [-0.2, -0.15) is 13.2 Å². The molecule has 27 heavy (non-hydrogen) atoms. The van der Waals surface area contributed by atoms with Crippen molar-refractivity contribution in [3.8, 4) is 0 Å². The SMILES string of the molecule is Cl.O=C(NCC(N1CCNCC1)C(F)(F)F)C1CC1c1c(F)cccc1Cl. The molecule has 1 heterocycles. The largest absolute Gasteiger partial charge is 0.405 e. The van der Waals surface area contributed by atoms with Crippen LogP contribution >= 0.6 is 24.0 Å². The third kappa shape index (κ3) is 5.25. The quantitative estimate of drug-likeness (QED) is 0.707. The molecule has 152 valence electrons. The molecule has 3 atom stereocenters. The summed E-state index contributed by atoms with van der Waals surface area (Å²) in [7, 11) is 0. The molecule has 1 aliphatic carbocycles. The summed E-state index contributed by atoms with van der Waals surface area (Å²) in [4.78, 5) is 13.6. The van der Waals surface area contributed by atoms with E-state index < -0.39 is 36.4 Å². The summed E-state index contributed by atoms with van der Waals surface area (Å²) < 4.78 is 53.9. The van der Waals surface area contributed by atoms with Crippen LogP contribution < -0.4 is 10.6 Å². The molecule has 3 rings (SSSR count). The van der Waals surface area contributed by atoms with Crippen molar-refractivity contribution in [2.24, 2.45) is 5.92 Å². The lowest BCUT2D eigenvalue weighted by atomic mass is 10.1. The van der Waals surface area contributed by atoms with Crippen molar-refractivity contribution in [2.45, 2.75) is 24.6 Å². The van der Waals surface area contributed by atoms with Gasteiger partial charge in [-0.15, -0.1) is 12.4 Å². The number of nitrogens with zero attached hydrogens (tertiary/aromatic N) is 1. The Balaban J connectivity index is 0.00000261. The maximum Gasteiger partial charge on any atom is 0.405 e. The van der Waals surface area contributed by atoms with Crippen molar-refractivity contribution in [1.29, 1.82) is 0 Å². The second kappa shape index (κ2) is 8.94. The van der Waals surface area contributed by atoms with E-state index in [1.807, 2.05) is 0 Å². The van der Waals surface area contributed by atoms with Gasteiger partial charge in [-0.05, 0) is 18.6 Å². The van der Waals surface area contributed by atoms with Crippen molar-refractivity contribution < 1.29 is 22.4 Å². The molecular weight excluding hydrogens is 409 g/mol. The summed E-state index contributed by atoms with van der Waals surface area (Å²) >= 11 is 5.99. The van der Waals surface area contributed by atoms with Gasteiger partial charge in [0.05, 0.1) is 0 Å². The third-order valence-electron chi connectivity index (χ3n) is 4.94. The highest BCUT2D eigenvalue weighted by Gasteiger charge is 2.48. The predicted molar refractivity (Wildman–Crippen MR) is 96.8 cm³/mol. The Morgan fingerprint density at radius 3 is 2.59 bits per heavy atom. The lowest BCUT2D eigenvalue weighted by molar-refractivity contribution is -0.184. The summed E-state index contributed by atoms with van der Waals surface area (Å²) in [5.41, 5.74) is 0.267. The molecule has 1 saturated heterocycles. The molecule has 1 aromatic rings. The second-order valence-electron chi connectivity index (χ2n) is 6.67. The van der Waals surface area contributed by atoms with Crippen molar-refractivity contribution in [2.75, 3.05) is 32.7 Å². The van der Waals surface area contributed by atoms with Crippen molar-refractivity contribution in [1.82, 2.24) is 15.5 Å². The van der Waals surface area contributed by atoms with Crippen LogP contribution in [-0.2, 0) is 4.79 Å². The fraction of sp³-hybridized carbons (Fsp3) is 0.588. The standard InChI is InChI=1S/C17H20ClF4N3O.ClH/c18-12-2-1-3-13(19)15(12)10-8-11(10)16(26)24-9-14(17(20,21)22)25-6-4-23-5-7-25;/h1-3,10-11,14,23H,4-9H2,(H,24,26);1H. The van der Waals surface area contributed by atoms with Crippen LogP contribution in [0.1, 0.15) is 17.9 Å². The molecule has 2 N–H and O–H groups in total. The van der Waals surface area contributed by atoms with Gasteiger partial charge < -0.3 is 10.6 Å². The Bertz CT molecular complexity index is 648. The van der Waals surface area contributed by atoms with E-state index in [0.29, 0.717) is 19.5 Å². The van der Waals surface area contributed by atoms with Crippen LogP contribution in [-0.4, -0.2) is 55.7 Å². The van der Waals surface area contributed by atoms with Gasteiger partial charge in [0.15, 0.2) is 0 Å². The van der Waals surface area contributed by atoms with E-state index in [0.717, 1.165) is 0 Å². The molecule has 0 radical (unpaired) electrons. The van der Waals surface area contributed by atoms with Crippen molar-refractivity contribution in [3.05, 3.63) is 34.6 Å². The topological polar surface area (TPSA) is 44.4 Å². The molecule has 2 fully saturated rings. The number of benzene rings is 1. The second-order valence-corrected chi connectivity index (χ2v) is 7.08. The summed E-state index contributed by atoms with van der Waals surface area (Å²) in [6.45, 7) is 1.01. The lowest BCUT2D eigenvalue weighted by Gasteiger charge is -2.35. The van der Waals surface area contributed by atoms with E-state index >= 15 is 0 Å². The van der Waals surface area contributed by atoms with Crippen LogP contribution in [0.5, 0.6) is 0 Å². The van der Waals surface area contributed by atoms with E-state index in [-0.39, 0.29) is 42.0 Å². The first kappa shape index (κ1) is 22.2. The van der Waals surface area contributed by atoms with E-state index in [1.54, 1.807) is 0 Å². The average Bonchev–Trinajstić information content (AvgIpc) is 3.35. The highest BCUT2D eigenvalue weighted by Crippen LogP contribution is 2.50. The number of piperazine rings is 1. The first-order chi connectivity index (χ1) is 12.3. The molecule has 1 aliphatic heterocycles. The van der Waals surface area contributed by atoms with Gasteiger partial charge in [0.1, 0.15) is 11.9 Å². The zero-order chi connectivity index (χ0) is 18.9. The summed E-state index contributed by atoms with van der Waals surface area (Å²) in [5, 5.41) is 5.64. The number of nitrogens with one attached hydrogen (secondary N) is 2. The van der Waals surface area contributed by atoms with Gasteiger partial charge >= 0.3 is 6.18 Å². The van der Waals surface area contributed by atoms with E-state index in [1.165, 1.54) is 23.1 Å². The Morgan fingerprint density at radius 1 is 1.33 bits per heavy atom. The fourth-order valence-corrected chi connectivity index (χ4v) is 3.75. The average molecular weight is 430 g/mol. The fourth-order valence-electron chi connectivity index (χ4n) is 3.44. The smallest absolute Gasteiger partial charge is 0.354 e. The maximum atomic E-state index is 13.9. The van der Waals surface area contributed by atoms with Crippen LogP contribution in [0.25, 0.3) is 0 Å². The molecule has 1 amide bonds. The number of hydrogen-bond donors (Lipinski definition) is 2. The summed E-state index contributed by atoms with van der Waals surface area (Å²) in [6.07, 6.45) is -4.04. The maximum absolute atomic E-state index is 13.9. The minimum Gasteiger partial charge on any atom is -0.354 e. The molecule has 2 aliphatic rings. The molecule has 0 aromatic heterocycles. The molecule has 4 nitrogen and oxygen atoms in total. The number of halogens is 6. The molecule has 0 spiro atoms. The predicted octanol–water partition coefficient (Wildman–Crippen LogP) is 2.96. The zero-order valence-corrected chi connectivity index (χ0v) is 15.9. The zero-order valence-electron chi connectivity index (χ0n) is 14.4. The number of carbonyl (C=O) groups excluding carboxylic acids is 1. The molecule has 0 bridgehead atoms. The van der Waals surface area contributed by atoms with Crippen LogP contribution in [0.2, 0.25) is 5.02 Å². The number of alkyl halides is 3. The highest BCUT2D eigenvalue weighted by atomic mass is 35.5. The van der Waals surface area contributed by atoms with Gasteiger partial charge in [-0.25, -0.2) is 4.39 Å². The molecule has 3 unspecified atom stereocenters. The lowest BCUT2D eigenvalue weighted by Crippen LogP contribution is -2.57. The highest BCUT2D eigenvalue weighted by molar-refractivity contribution is 6.31. The van der Waals surface area contributed by atoms with Crippen molar-refractivity contribution in [3.63, 3.8) is 0 Å². The third-order valence-corrected chi connectivity index (χ3v) is 5.27.